The van der Waals surface area contributed by atoms with Crippen LogP contribution in [0.15, 0.2) is 0 Å². The lowest BCUT2D eigenvalue weighted by Gasteiger charge is -2.37. The van der Waals surface area contributed by atoms with Crippen LogP contribution in [0.5, 0.6) is 0 Å². The number of hydrogen-bond donors (Lipinski definition) is 1. The lowest BCUT2D eigenvalue weighted by molar-refractivity contribution is 0.124. The summed E-state index contributed by atoms with van der Waals surface area (Å²) in [7, 11) is 0. The number of rotatable bonds is 3. The molecule has 94 valence electrons. The maximum absolute atomic E-state index is 3.52. The number of nitrogens with one attached hydrogen (secondary N) is 1. The Morgan fingerprint density at radius 3 is 2.62 bits per heavy atom. The molecule has 1 N–H and O–H groups in total. The highest BCUT2D eigenvalue weighted by Crippen LogP contribution is 2.30. The first-order chi connectivity index (χ1) is 7.66. The van der Waals surface area contributed by atoms with E-state index in [1.807, 2.05) is 0 Å². The van der Waals surface area contributed by atoms with Crippen LogP contribution in [0.3, 0.4) is 0 Å². The van der Waals surface area contributed by atoms with Crippen LogP contribution in [-0.2, 0) is 0 Å². The van der Waals surface area contributed by atoms with E-state index in [0.29, 0.717) is 5.41 Å². The molecule has 2 nitrogen and oxygen atoms in total. The summed E-state index contributed by atoms with van der Waals surface area (Å²) in [5.41, 5.74) is 0.600. The minimum atomic E-state index is 0.600. The molecule has 0 saturated carbocycles. The highest BCUT2D eigenvalue weighted by molar-refractivity contribution is 4.79. The molecule has 2 aliphatic rings. The minimum Gasteiger partial charge on any atom is -0.316 e. The maximum atomic E-state index is 3.52. The summed E-state index contributed by atoms with van der Waals surface area (Å²) < 4.78 is 0. The van der Waals surface area contributed by atoms with Gasteiger partial charge in [0.2, 0.25) is 0 Å². The van der Waals surface area contributed by atoms with E-state index in [2.05, 4.69) is 24.1 Å². The third-order valence-corrected chi connectivity index (χ3v) is 4.46. The molecule has 2 aliphatic heterocycles. The molecule has 1 unspecified atom stereocenters. The topological polar surface area (TPSA) is 15.3 Å². The van der Waals surface area contributed by atoms with Crippen LogP contribution in [-0.4, -0.2) is 37.6 Å². The van der Waals surface area contributed by atoms with Crippen molar-refractivity contribution < 1.29 is 0 Å². The van der Waals surface area contributed by atoms with Crippen molar-refractivity contribution in [2.75, 3.05) is 32.7 Å². The van der Waals surface area contributed by atoms with Gasteiger partial charge in [-0.3, -0.25) is 0 Å². The van der Waals surface area contributed by atoms with Gasteiger partial charge in [0.15, 0.2) is 0 Å². The van der Waals surface area contributed by atoms with E-state index >= 15 is 0 Å². The second kappa shape index (κ2) is 5.50. The predicted octanol–water partition coefficient (Wildman–Crippen LogP) is 2.50. The number of nitrogens with zero attached hydrogens (tertiary/aromatic N) is 1. The molecule has 2 rings (SSSR count). The van der Waals surface area contributed by atoms with Crippen molar-refractivity contribution in [3.8, 4) is 0 Å². The lowest BCUT2D eigenvalue weighted by Crippen LogP contribution is -2.39. The van der Waals surface area contributed by atoms with E-state index < -0.39 is 0 Å². The van der Waals surface area contributed by atoms with Gasteiger partial charge < -0.3 is 10.2 Å². The highest BCUT2D eigenvalue weighted by Gasteiger charge is 2.25. The van der Waals surface area contributed by atoms with Gasteiger partial charge in [0.25, 0.3) is 0 Å². The Bertz CT molecular complexity index is 197. The van der Waals surface area contributed by atoms with E-state index in [-0.39, 0.29) is 0 Å². The van der Waals surface area contributed by atoms with Gasteiger partial charge in [-0.25, -0.2) is 0 Å². The van der Waals surface area contributed by atoms with Crippen LogP contribution >= 0.6 is 0 Å². The Morgan fingerprint density at radius 2 is 2.00 bits per heavy atom. The summed E-state index contributed by atoms with van der Waals surface area (Å²) >= 11 is 0. The largest absolute Gasteiger partial charge is 0.316 e. The first kappa shape index (κ1) is 12.4. The van der Waals surface area contributed by atoms with Crippen molar-refractivity contribution in [1.82, 2.24) is 10.2 Å². The van der Waals surface area contributed by atoms with Crippen LogP contribution in [0.4, 0.5) is 0 Å². The van der Waals surface area contributed by atoms with Gasteiger partial charge >= 0.3 is 0 Å². The van der Waals surface area contributed by atoms with Crippen LogP contribution in [0, 0.1) is 11.3 Å². The summed E-state index contributed by atoms with van der Waals surface area (Å²) in [6, 6.07) is 0. The summed E-state index contributed by atoms with van der Waals surface area (Å²) in [5, 5.41) is 3.52. The van der Waals surface area contributed by atoms with Crippen molar-refractivity contribution in [2.45, 2.75) is 46.0 Å². The molecule has 0 bridgehead atoms. The zero-order valence-corrected chi connectivity index (χ0v) is 11.1. The average molecular weight is 224 g/mol. The van der Waals surface area contributed by atoms with E-state index in [4.69, 9.17) is 0 Å². The molecule has 0 spiro atoms. The number of piperidine rings is 2. The Hall–Kier alpha value is -0.0800. The zero-order chi connectivity index (χ0) is 11.4. The quantitative estimate of drug-likeness (QED) is 0.792. The standard InChI is InChI=1S/C14H28N2/c1-14(2)6-10-16(11-7-14)9-5-13-4-3-8-15-12-13/h13,15H,3-12H2,1-2H3. The zero-order valence-electron chi connectivity index (χ0n) is 11.1. The Kier molecular flexibility index (Phi) is 4.26. The summed E-state index contributed by atoms with van der Waals surface area (Å²) in [5.74, 6) is 0.948. The molecular formula is C14H28N2. The molecule has 2 heterocycles. The van der Waals surface area contributed by atoms with Crippen LogP contribution in [0.25, 0.3) is 0 Å². The Balaban J connectivity index is 1.63. The van der Waals surface area contributed by atoms with E-state index in [1.54, 1.807) is 0 Å². The van der Waals surface area contributed by atoms with E-state index in [1.165, 1.54) is 64.8 Å². The van der Waals surface area contributed by atoms with Crippen LogP contribution < -0.4 is 5.32 Å². The van der Waals surface area contributed by atoms with Gasteiger partial charge in [0.05, 0.1) is 0 Å². The van der Waals surface area contributed by atoms with Gasteiger partial charge in [-0.15, -0.1) is 0 Å². The predicted molar refractivity (Wildman–Crippen MR) is 69.7 cm³/mol. The fourth-order valence-corrected chi connectivity index (χ4v) is 2.92. The van der Waals surface area contributed by atoms with Crippen molar-refractivity contribution in [3.05, 3.63) is 0 Å². The van der Waals surface area contributed by atoms with Crippen molar-refractivity contribution >= 4 is 0 Å². The number of hydrogen-bond acceptors (Lipinski definition) is 2. The highest BCUT2D eigenvalue weighted by atomic mass is 15.1. The molecule has 1 atom stereocenters. The fourth-order valence-electron chi connectivity index (χ4n) is 2.92. The van der Waals surface area contributed by atoms with Crippen LogP contribution in [0.1, 0.15) is 46.0 Å². The Labute approximate surface area is 101 Å². The minimum absolute atomic E-state index is 0.600. The normalized spacial score (nSPS) is 31.5. The summed E-state index contributed by atoms with van der Waals surface area (Å²) in [6.45, 7) is 11.3. The molecule has 2 saturated heterocycles. The molecule has 0 aromatic carbocycles. The van der Waals surface area contributed by atoms with Gasteiger partial charge in [0.1, 0.15) is 0 Å². The molecule has 0 aromatic rings. The summed E-state index contributed by atoms with van der Waals surface area (Å²) in [4.78, 5) is 2.68. The molecular weight excluding hydrogens is 196 g/mol. The van der Waals surface area contributed by atoms with Gasteiger partial charge in [0, 0.05) is 0 Å². The lowest BCUT2D eigenvalue weighted by atomic mass is 9.82. The molecule has 16 heavy (non-hydrogen) atoms. The second-order valence-corrected chi connectivity index (χ2v) is 6.51. The first-order valence-corrected chi connectivity index (χ1v) is 7.09. The average Bonchev–Trinajstić information content (AvgIpc) is 2.29. The first-order valence-electron chi connectivity index (χ1n) is 7.09. The monoisotopic (exact) mass is 224 g/mol. The number of likely N-dealkylation sites (tertiary alicyclic amines) is 1. The summed E-state index contributed by atoms with van der Waals surface area (Å²) in [6.07, 6.45) is 7.02. The molecule has 0 radical (unpaired) electrons. The molecule has 0 aromatic heterocycles. The Morgan fingerprint density at radius 1 is 1.25 bits per heavy atom. The SMILES string of the molecule is CC1(C)CCN(CCC2CCCNC2)CC1. The van der Waals surface area contributed by atoms with Gasteiger partial charge in [-0.05, 0) is 76.2 Å². The van der Waals surface area contributed by atoms with Crippen molar-refractivity contribution in [2.24, 2.45) is 11.3 Å². The van der Waals surface area contributed by atoms with Gasteiger partial charge in [-0.1, -0.05) is 13.8 Å². The maximum Gasteiger partial charge on any atom is -0.00136 e. The van der Waals surface area contributed by atoms with Crippen molar-refractivity contribution in [3.63, 3.8) is 0 Å². The smallest absolute Gasteiger partial charge is 0.00136 e. The van der Waals surface area contributed by atoms with E-state index in [9.17, 15) is 0 Å². The fraction of sp³-hybridized carbons (Fsp3) is 1.00. The molecule has 2 fully saturated rings. The third-order valence-electron chi connectivity index (χ3n) is 4.46. The third kappa shape index (κ3) is 3.74. The molecule has 0 amide bonds. The molecule has 0 aliphatic carbocycles. The van der Waals surface area contributed by atoms with Crippen LogP contribution in [0.2, 0.25) is 0 Å². The second-order valence-electron chi connectivity index (χ2n) is 6.51. The van der Waals surface area contributed by atoms with Gasteiger partial charge in [-0.2, -0.15) is 0 Å². The van der Waals surface area contributed by atoms with Crippen molar-refractivity contribution in [1.29, 1.82) is 0 Å². The molecule has 2 heteroatoms. The van der Waals surface area contributed by atoms with E-state index in [0.717, 1.165) is 5.92 Å².